The molecule has 0 radical (unpaired) electrons. The molecule has 0 bridgehead atoms. The minimum Gasteiger partial charge on any atom is -0.388 e. The summed E-state index contributed by atoms with van der Waals surface area (Å²) in [7, 11) is 0. The number of halogens is 2. The van der Waals surface area contributed by atoms with Gasteiger partial charge in [0.2, 0.25) is 0 Å². The molecule has 1 saturated carbocycles. The van der Waals surface area contributed by atoms with E-state index < -0.39 is 5.60 Å². The molecule has 0 amide bonds. The van der Waals surface area contributed by atoms with Crippen LogP contribution in [0.1, 0.15) is 32.6 Å². The van der Waals surface area contributed by atoms with E-state index in [2.05, 4.69) is 17.2 Å². The molecule has 1 aromatic heterocycles. The van der Waals surface area contributed by atoms with Crippen LogP contribution in [-0.2, 0) is 0 Å². The number of aliphatic hydroxyl groups is 1. The van der Waals surface area contributed by atoms with Crippen LogP contribution in [0, 0.1) is 5.92 Å². The number of rotatable bonds is 3. The molecule has 1 heterocycles. The van der Waals surface area contributed by atoms with Gasteiger partial charge in [0.15, 0.2) is 0 Å². The largest absolute Gasteiger partial charge is 0.388 e. The fourth-order valence-electron chi connectivity index (χ4n) is 2.65. The first kappa shape index (κ1) is 14.7. The highest BCUT2D eigenvalue weighted by atomic mass is 35.5. The first-order valence-electron chi connectivity index (χ1n) is 6.47. The van der Waals surface area contributed by atoms with Gasteiger partial charge in [-0.2, -0.15) is 0 Å². The molecule has 19 heavy (non-hydrogen) atoms. The standard InChI is InChI=1S/C13H19Cl2N3O/c1-8-3-2-4-13(19,6-8)7-17-12-10(15)5-9(14)11(16)18-12/h5,8,19H,2-4,6-7H2,1H3,(H3,16,17,18). The number of nitrogens with two attached hydrogens (primary N) is 1. The predicted octanol–water partition coefficient (Wildman–Crippen LogP) is 3.32. The van der Waals surface area contributed by atoms with Gasteiger partial charge in [0.1, 0.15) is 11.6 Å². The molecule has 1 aliphatic carbocycles. The molecule has 1 aliphatic rings. The summed E-state index contributed by atoms with van der Waals surface area (Å²) < 4.78 is 0. The highest BCUT2D eigenvalue weighted by Crippen LogP contribution is 2.33. The molecule has 2 rings (SSSR count). The average molecular weight is 304 g/mol. The lowest BCUT2D eigenvalue weighted by Crippen LogP contribution is -2.41. The van der Waals surface area contributed by atoms with Crippen molar-refractivity contribution in [2.24, 2.45) is 5.92 Å². The molecule has 1 aromatic rings. The van der Waals surface area contributed by atoms with Gasteiger partial charge in [-0.3, -0.25) is 0 Å². The number of pyridine rings is 1. The summed E-state index contributed by atoms with van der Waals surface area (Å²) in [4.78, 5) is 4.10. The van der Waals surface area contributed by atoms with E-state index in [0.29, 0.717) is 28.3 Å². The summed E-state index contributed by atoms with van der Waals surface area (Å²) in [5.74, 6) is 1.24. The fraction of sp³-hybridized carbons (Fsp3) is 0.615. The second kappa shape index (κ2) is 5.73. The normalized spacial score (nSPS) is 27.3. The van der Waals surface area contributed by atoms with Gasteiger partial charge < -0.3 is 16.2 Å². The smallest absolute Gasteiger partial charge is 0.147 e. The Labute approximate surface area is 123 Å². The number of aromatic nitrogens is 1. The predicted molar refractivity (Wildman–Crippen MR) is 79.7 cm³/mol. The fourth-order valence-corrected chi connectivity index (χ4v) is 3.07. The topological polar surface area (TPSA) is 71.2 Å². The van der Waals surface area contributed by atoms with Crippen LogP contribution in [0.3, 0.4) is 0 Å². The van der Waals surface area contributed by atoms with Crippen LogP contribution >= 0.6 is 23.2 Å². The zero-order valence-electron chi connectivity index (χ0n) is 10.9. The number of hydrogen-bond donors (Lipinski definition) is 3. The summed E-state index contributed by atoms with van der Waals surface area (Å²) >= 11 is 11.9. The van der Waals surface area contributed by atoms with Crippen LogP contribution in [0.25, 0.3) is 0 Å². The van der Waals surface area contributed by atoms with E-state index >= 15 is 0 Å². The molecule has 6 heteroatoms. The molecule has 1 fully saturated rings. The van der Waals surface area contributed by atoms with Gasteiger partial charge in [-0.15, -0.1) is 0 Å². The van der Waals surface area contributed by atoms with Crippen LogP contribution in [0.15, 0.2) is 6.07 Å². The van der Waals surface area contributed by atoms with Gasteiger partial charge in [0, 0.05) is 6.54 Å². The average Bonchev–Trinajstić information content (AvgIpc) is 2.32. The number of nitrogen functional groups attached to an aromatic ring is 1. The Hall–Kier alpha value is -0.710. The molecule has 2 atom stereocenters. The van der Waals surface area contributed by atoms with Gasteiger partial charge in [-0.1, -0.05) is 43.0 Å². The minimum absolute atomic E-state index is 0.234. The highest BCUT2D eigenvalue weighted by molar-refractivity contribution is 6.37. The molecular formula is C13H19Cl2N3O. The van der Waals surface area contributed by atoms with Crippen LogP contribution in [0.5, 0.6) is 0 Å². The van der Waals surface area contributed by atoms with Crippen LogP contribution in [0.2, 0.25) is 10.0 Å². The minimum atomic E-state index is -0.697. The maximum Gasteiger partial charge on any atom is 0.147 e. The van der Waals surface area contributed by atoms with Gasteiger partial charge >= 0.3 is 0 Å². The van der Waals surface area contributed by atoms with E-state index in [1.54, 1.807) is 6.07 Å². The van der Waals surface area contributed by atoms with Gasteiger partial charge in [-0.05, 0) is 24.8 Å². The number of hydrogen-bond acceptors (Lipinski definition) is 4. The number of anilines is 2. The lowest BCUT2D eigenvalue weighted by atomic mass is 9.79. The molecule has 0 aromatic carbocycles. The van der Waals surface area contributed by atoms with E-state index in [1.807, 2.05) is 0 Å². The van der Waals surface area contributed by atoms with Crippen LogP contribution in [0.4, 0.5) is 11.6 Å². The molecule has 0 saturated heterocycles. The maximum absolute atomic E-state index is 10.5. The second-order valence-electron chi connectivity index (χ2n) is 5.47. The number of nitrogens with one attached hydrogen (secondary N) is 1. The zero-order chi connectivity index (χ0) is 14.0. The van der Waals surface area contributed by atoms with Crippen molar-refractivity contribution in [3.63, 3.8) is 0 Å². The van der Waals surface area contributed by atoms with E-state index in [4.69, 9.17) is 28.9 Å². The quantitative estimate of drug-likeness (QED) is 0.801. The first-order chi connectivity index (χ1) is 8.89. The summed E-state index contributed by atoms with van der Waals surface area (Å²) in [5.41, 5.74) is 4.95. The van der Waals surface area contributed by atoms with Crippen molar-refractivity contribution < 1.29 is 5.11 Å². The van der Waals surface area contributed by atoms with Crippen molar-refractivity contribution in [2.45, 2.75) is 38.2 Å². The summed E-state index contributed by atoms with van der Waals surface area (Å²) in [5, 5.41) is 14.3. The Morgan fingerprint density at radius 2 is 2.26 bits per heavy atom. The van der Waals surface area contributed by atoms with Crippen molar-refractivity contribution in [3.05, 3.63) is 16.1 Å². The van der Waals surface area contributed by atoms with Crippen molar-refractivity contribution in [3.8, 4) is 0 Å². The Kier molecular flexibility index (Phi) is 4.43. The first-order valence-corrected chi connectivity index (χ1v) is 7.23. The van der Waals surface area contributed by atoms with E-state index in [9.17, 15) is 5.11 Å². The molecular weight excluding hydrogens is 285 g/mol. The van der Waals surface area contributed by atoms with E-state index in [-0.39, 0.29) is 5.82 Å². The van der Waals surface area contributed by atoms with Crippen molar-refractivity contribution >= 4 is 34.8 Å². The zero-order valence-corrected chi connectivity index (χ0v) is 12.4. The molecule has 4 N–H and O–H groups in total. The van der Waals surface area contributed by atoms with Crippen LogP contribution < -0.4 is 11.1 Å². The summed E-state index contributed by atoms with van der Waals surface area (Å²) in [6.45, 7) is 2.58. The Bertz CT molecular complexity index is 469. The second-order valence-corrected chi connectivity index (χ2v) is 6.28. The number of nitrogens with zero attached hydrogens (tertiary/aromatic N) is 1. The summed E-state index contributed by atoms with van der Waals surface area (Å²) in [6.07, 6.45) is 3.81. The lowest BCUT2D eigenvalue weighted by Gasteiger charge is -2.35. The highest BCUT2D eigenvalue weighted by Gasteiger charge is 2.32. The maximum atomic E-state index is 10.5. The van der Waals surface area contributed by atoms with E-state index in [0.717, 1.165) is 19.3 Å². The monoisotopic (exact) mass is 303 g/mol. The molecule has 106 valence electrons. The third-order valence-corrected chi connectivity index (χ3v) is 4.20. The molecule has 0 aliphatic heterocycles. The molecule has 2 unspecified atom stereocenters. The third-order valence-electron chi connectivity index (χ3n) is 3.61. The SMILES string of the molecule is CC1CCCC(O)(CNc2nc(N)c(Cl)cc2Cl)C1. The Balaban J connectivity index is 2.04. The van der Waals surface area contributed by atoms with Crippen molar-refractivity contribution in [1.82, 2.24) is 4.98 Å². The van der Waals surface area contributed by atoms with Gasteiger partial charge in [-0.25, -0.2) is 4.98 Å². The Morgan fingerprint density at radius 1 is 1.53 bits per heavy atom. The third kappa shape index (κ3) is 3.65. The van der Waals surface area contributed by atoms with Crippen LogP contribution in [-0.4, -0.2) is 22.2 Å². The van der Waals surface area contributed by atoms with E-state index in [1.165, 1.54) is 6.42 Å². The van der Waals surface area contributed by atoms with Crippen molar-refractivity contribution in [2.75, 3.05) is 17.6 Å². The Morgan fingerprint density at radius 3 is 2.95 bits per heavy atom. The van der Waals surface area contributed by atoms with Gasteiger partial charge in [0.25, 0.3) is 0 Å². The molecule has 0 spiro atoms. The van der Waals surface area contributed by atoms with Crippen molar-refractivity contribution in [1.29, 1.82) is 0 Å². The lowest BCUT2D eigenvalue weighted by molar-refractivity contribution is -0.000821. The molecule has 4 nitrogen and oxygen atoms in total. The van der Waals surface area contributed by atoms with Gasteiger partial charge in [0.05, 0.1) is 15.6 Å². The summed E-state index contributed by atoms with van der Waals surface area (Å²) in [6, 6.07) is 1.56.